The summed E-state index contributed by atoms with van der Waals surface area (Å²) < 4.78 is 14.7. The molecule has 1 aromatic carbocycles. The molecule has 0 spiro atoms. The Morgan fingerprint density at radius 2 is 0.876 bits per heavy atom. The molecule has 0 aliphatic carbocycles. The molecule has 0 saturated heterocycles. The van der Waals surface area contributed by atoms with Gasteiger partial charge < -0.3 is 4.40 Å². The van der Waals surface area contributed by atoms with Crippen LogP contribution in [0.15, 0.2) is 145 Å². The normalized spacial score (nSPS) is 11.0. The average Bonchev–Trinajstić information content (AvgIpc) is 3.70. The van der Waals surface area contributed by atoms with Gasteiger partial charge in [0.2, 0.25) is 5.78 Å². The number of thiazole rings is 1. The molecule has 16 nitrogen and oxygen atoms in total. The van der Waals surface area contributed by atoms with Gasteiger partial charge in [-0.25, -0.2) is 43.6 Å². The molecule has 0 N–H and O–H groups in total. The Kier molecular flexibility index (Phi) is 32.7. The molecule has 89 heavy (non-hydrogen) atoms. The molecule has 0 saturated carbocycles. The van der Waals surface area contributed by atoms with Gasteiger partial charge in [-0.3, -0.25) is 8.80 Å². The third-order valence-electron chi connectivity index (χ3n) is 12.4. The zero-order valence-electron chi connectivity index (χ0n) is 60.3. The zero-order chi connectivity index (χ0) is 68.1. The van der Waals surface area contributed by atoms with Crippen LogP contribution in [0.1, 0.15) is 242 Å². The lowest BCUT2D eigenvalue weighted by Gasteiger charge is -2.18. The van der Waals surface area contributed by atoms with Gasteiger partial charge in [0.15, 0.2) is 16.3 Å². The minimum atomic E-state index is 0.0814. The zero-order valence-corrected chi connectivity index (χ0v) is 61.1. The molecule has 0 bridgehead atoms. The molecule has 0 amide bonds. The van der Waals surface area contributed by atoms with Crippen molar-refractivity contribution in [3.63, 3.8) is 0 Å². The van der Waals surface area contributed by atoms with Gasteiger partial charge in [0, 0.05) is 99.3 Å². The van der Waals surface area contributed by atoms with Crippen LogP contribution in [-0.2, 0) is 32.5 Å². The molecule has 0 unspecified atom stereocenters. The topological polar surface area (TPSA) is 164 Å². The molecule has 0 aliphatic rings. The maximum Gasteiger partial charge on any atom is 0.233 e. The van der Waals surface area contributed by atoms with Gasteiger partial charge in [0.05, 0.1) is 30.5 Å². The van der Waals surface area contributed by atoms with E-state index in [2.05, 4.69) is 208 Å². The smallest absolute Gasteiger partial charge is 0.233 e. The van der Waals surface area contributed by atoms with Crippen LogP contribution in [0.3, 0.4) is 0 Å². The summed E-state index contributed by atoms with van der Waals surface area (Å²) in [6.07, 6.45) is 23.0. The fourth-order valence-electron chi connectivity index (χ4n) is 8.26. The van der Waals surface area contributed by atoms with Crippen molar-refractivity contribution < 1.29 is 4.63 Å². The Morgan fingerprint density at radius 1 is 0.371 bits per heavy atom. The Morgan fingerprint density at radius 3 is 1.47 bits per heavy atom. The molecule has 11 aromatic heterocycles. The minimum Gasteiger partial charge on any atom is -0.304 e. The lowest BCUT2D eigenvalue weighted by atomic mass is 9.86. The lowest BCUT2D eigenvalue weighted by Crippen LogP contribution is -2.15. The molecule has 0 radical (unpaired) electrons. The Balaban J connectivity index is 0.000000516. The van der Waals surface area contributed by atoms with Crippen LogP contribution in [0.5, 0.6) is 0 Å². The van der Waals surface area contributed by atoms with Gasteiger partial charge in [-0.1, -0.05) is 226 Å². The average molecular weight is 1240 g/mol. The second-order valence-electron chi connectivity index (χ2n) is 25.0. The Bertz CT molecular complexity index is 3460. The Labute approximate surface area is 539 Å². The number of aromatic nitrogens is 15. The maximum absolute atomic E-state index is 4.70. The van der Waals surface area contributed by atoms with Gasteiger partial charge >= 0.3 is 0 Å². The van der Waals surface area contributed by atoms with Crippen molar-refractivity contribution >= 4 is 50.1 Å². The summed E-state index contributed by atoms with van der Waals surface area (Å²) in [6.45, 7) is 63.1. The van der Waals surface area contributed by atoms with Crippen LogP contribution in [0.4, 0.5) is 0 Å². The number of rotatable bonds is 0. The van der Waals surface area contributed by atoms with Crippen LogP contribution in [0, 0.1) is 0 Å². The van der Waals surface area contributed by atoms with Crippen molar-refractivity contribution in [1.29, 1.82) is 0 Å². The number of benzene rings is 1. The van der Waals surface area contributed by atoms with Crippen LogP contribution in [0.25, 0.3) is 38.7 Å². The molecule has 0 atom stereocenters. The van der Waals surface area contributed by atoms with E-state index < -0.39 is 0 Å². The van der Waals surface area contributed by atoms with Crippen molar-refractivity contribution in [3.05, 3.63) is 174 Å². The molecule has 0 aliphatic heterocycles. The second kappa shape index (κ2) is 36.7. The van der Waals surface area contributed by atoms with E-state index in [0.717, 1.165) is 44.4 Å². The summed E-state index contributed by atoms with van der Waals surface area (Å²) in [4.78, 5) is 26.8. The van der Waals surface area contributed by atoms with Gasteiger partial charge in [0.1, 0.15) is 16.7 Å². The molecular formula is C72H113N15OS. The van der Waals surface area contributed by atoms with Crippen molar-refractivity contribution in [3.8, 4) is 0 Å². The van der Waals surface area contributed by atoms with Crippen molar-refractivity contribution in [1.82, 2.24) is 72.6 Å². The summed E-state index contributed by atoms with van der Waals surface area (Å²) >= 11 is 1.68. The quantitative estimate of drug-likeness (QED) is 0.142. The van der Waals surface area contributed by atoms with Crippen molar-refractivity contribution in [2.75, 3.05) is 0 Å². The van der Waals surface area contributed by atoms with Gasteiger partial charge in [-0.15, -0.1) is 11.3 Å². The van der Waals surface area contributed by atoms with E-state index in [1.165, 1.54) is 28.2 Å². The number of pyridine rings is 1. The summed E-state index contributed by atoms with van der Waals surface area (Å²) in [5, 5.41) is 18.3. The van der Waals surface area contributed by atoms with E-state index in [9.17, 15) is 0 Å². The predicted octanol–water partition coefficient (Wildman–Crippen LogP) is 20.1. The van der Waals surface area contributed by atoms with Crippen LogP contribution >= 0.6 is 11.3 Å². The lowest BCUT2D eigenvalue weighted by molar-refractivity contribution is 0.315. The standard InChI is InChI=1S/C11H14N2.3C10H13N3.C10H12N2O.C9H12N2S.6C2H6/c1-11(2,3)9-8-12-10-6-4-5-7-13(9)10;1-10(2,3)8-7-12-9-11-5-4-6-13(8)9;1-10(2,3)8-7-12-13-6-4-5-11-9(8)13;1-10(2,3)8-7-11-9-5-4-6-12-13(8)9;1-10(2,3)7-5-4-6-8-9(7)12-13-11-8;1-9(2,3)7-6-10-8-11(7)4-5-12-8;6*1-2/h4-8H,1-3H3;3*4-7H,1-3H3;4-6H,1-3H3;4-6H,1-3H3;6*1-2H3. The summed E-state index contributed by atoms with van der Waals surface area (Å²) in [6, 6.07) is 19.7. The largest absolute Gasteiger partial charge is 0.304 e. The first kappa shape index (κ1) is 79.4. The van der Waals surface area contributed by atoms with Gasteiger partial charge in [-0.2, -0.15) is 10.2 Å². The predicted molar refractivity (Wildman–Crippen MR) is 379 cm³/mol. The summed E-state index contributed by atoms with van der Waals surface area (Å²) in [7, 11) is 0. The SMILES string of the molecule is CC.CC.CC.CC.CC.CC.CC(C)(C)c1cccc2nonc12.CC(C)(C)c1cnc2ccccn12.CC(C)(C)c1cnc2cccnn12.CC(C)(C)c1cnc2ncccn12.CC(C)(C)c1cnc2sccn12.CC(C)(C)c1cnn2cccnc12. The summed E-state index contributed by atoms with van der Waals surface area (Å²) in [5.74, 6) is 0.771. The summed E-state index contributed by atoms with van der Waals surface area (Å²) in [5.41, 5.74) is 12.5. The molecule has 488 valence electrons. The van der Waals surface area contributed by atoms with E-state index in [1.54, 1.807) is 34.4 Å². The number of hydrogen-bond acceptors (Lipinski definition) is 12. The van der Waals surface area contributed by atoms with E-state index in [0.29, 0.717) is 0 Å². The molecule has 0 fully saturated rings. The third kappa shape index (κ3) is 22.7. The third-order valence-corrected chi connectivity index (χ3v) is 13.2. The maximum atomic E-state index is 4.70. The van der Waals surface area contributed by atoms with E-state index in [1.807, 2.05) is 190 Å². The van der Waals surface area contributed by atoms with E-state index in [4.69, 9.17) is 4.63 Å². The number of nitrogens with zero attached hydrogens (tertiary/aromatic N) is 15. The van der Waals surface area contributed by atoms with Gasteiger partial charge in [0.25, 0.3) is 0 Å². The van der Waals surface area contributed by atoms with E-state index in [-0.39, 0.29) is 32.5 Å². The second-order valence-corrected chi connectivity index (χ2v) is 25.9. The molecular weight excluding hydrogens is 1120 g/mol. The van der Waals surface area contributed by atoms with Crippen LogP contribution < -0.4 is 0 Å². The monoisotopic (exact) mass is 1240 g/mol. The highest BCUT2D eigenvalue weighted by Crippen LogP contribution is 2.29. The van der Waals surface area contributed by atoms with Crippen molar-refractivity contribution in [2.45, 2.75) is 240 Å². The number of imidazole rings is 4. The molecule has 12 aromatic rings. The fourth-order valence-corrected chi connectivity index (χ4v) is 8.95. The number of fused-ring (bicyclic) bond motifs is 6. The molecule has 12 rings (SSSR count). The fraction of sp³-hybridized carbons (Fsp3) is 0.500. The van der Waals surface area contributed by atoms with Gasteiger partial charge in [-0.05, 0) is 69.2 Å². The minimum absolute atomic E-state index is 0.0814. The Hall–Kier alpha value is -7.66. The highest BCUT2D eigenvalue weighted by atomic mass is 32.1. The first-order valence-corrected chi connectivity index (χ1v) is 32.8. The first-order chi connectivity index (χ1) is 42.0. The molecule has 11 heterocycles. The van der Waals surface area contributed by atoms with E-state index >= 15 is 0 Å². The van der Waals surface area contributed by atoms with Crippen LogP contribution in [-0.4, -0.2) is 72.6 Å². The highest BCUT2D eigenvalue weighted by Gasteiger charge is 2.23. The highest BCUT2D eigenvalue weighted by molar-refractivity contribution is 7.15. The first-order valence-electron chi connectivity index (χ1n) is 32.0. The number of hydrogen-bond donors (Lipinski definition) is 0. The van der Waals surface area contributed by atoms with Crippen LogP contribution in [0.2, 0.25) is 0 Å². The van der Waals surface area contributed by atoms with Crippen molar-refractivity contribution in [2.24, 2.45) is 0 Å². The molecule has 17 heteroatoms.